The average molecular weight is 178 g/mol. The molecule has 0 aromatic rings. The molecule has 0 fully saturated rings. The van der Waals surface area contributed by atoms with E-state index in [1.165, 1.54) is 0 Å². The fourth-order valence-corrected chi connectivity index (χ4v) is 0.909. The molecule has 0 aliphatic carbocycles. The number of carbonyl (C=O) groups excluding carboxylic acids is 1. The first-order valence-corrected chi connectivity index (χ1v) is 4.64. The van der Waals surface area contributed by atoms with Gasteiger partial charge in [0.1, 0.15) is 0 Å². The van der Waals surface area contributed by atoms with Crippen LogP contribution >= 0.6 is 12.0 Å². The Hall–Kier alpha value is -0.220. The van der Waals surface area contributed by atoms with E-state index in [1.807, 2.05) is 13.8 Å². The zero-order valence-electron chi connectivity index (χ0n) is 6.87. The Morgan fingerprint density at radius 3 is 2.73 bits per heavy atom. The van der Waals surface area contributed by atoms with Crippen molar-refractivity contribution in [2.45, 2.75) is 32.8 Å². The van der Waals surface area contributed by atoms with Crippen LogP contribution in [-0.4, -0.2) is 22.9 Å². The van der Waals surface area contributed by atoms with E-state index in [9.17, 15) is 4.79 Å². The summed E-state index contributed by atoms with van der Waals surface area (Å²) < 4.78 is 4.63. The minimum Gasteiger partial charge on any atom is -0.389 e. The quantitative estimate of drug-likeness (QED) is 0.646. The summed E-state index contributed by atoms with van der Waals surface area (Å²) in [7, 11) is 0. The van der Waals surface area contributed by atoms with Crippen LogP contribution in [0.3, 0.4) is 0 Å². The van der Waals surface area contributed by atoms with E-state index in [0.29, 0.717) is 12.2 Å². The van der Waals surface area contributed by atoms with E-state index >= 15 is 0 Å². The van der Waals surface area contributed by atoms with Crippen molar-refractivity contribution >= 4 is 18.0 Å². The number of rotatable bonds is 5. The molecule has 0 aliphatic rings. The molecule has 4 heteroatoms. The van der Waals surface area contributed by atoms with E-state index in [2.05, 4.69) is 4.18 Å². The first kappa shape index (κ1) is 10.8. The summed E-state index contributed by atoms with van der Waals surface area (Å²) in [6.07, 6.45) is 0.315. The molecular formula is C7H14O3S. The number of hydrogen-bond donors (Lipinski definition) is 1. The minimum absolute atomic E-state index is 0.475. The molecule has 1 atom stereocenters. The highest BCUT2D eigenvalue weighted by Crippen LogP contribution is 2.06. The van der Waals surface area contributed by atoms with E-state index in [4.69, 9.17) is 5.11 Å². The summed E-state index contributed by atoms with van der Waals surface area (Å²) in [5.74, 6) is 0.184. The van der Waals surface area contributed by atoms with Crippen LogP contribution in [0.5, 0.6) is 0 Å². The van der Waals surface area contributed by atoms with Crippen molar-refractivity contribution in [3.8, 4) is 0 Å². The van der Waals surface area contributed by atoms with Gasteiger partial charge >= 0.3 is 5.97 Å². The fourth-order valence-electron chi connectivity index (χ4n) is 0.564. The predicted molar refractivity (Wildman–Crippen MR) is 45.1 cm³/mol. The SMILES string of the molecule is CCCC(O)C(=O)OSCC. The molecule has 0 bridgehead atoms. The van der Waals surface area contributed by atoms with Crippen molar-refractivity contribution in [3.63, 3.8) is 0 Å². The van der Waals surface area contributed by atoms with Crippen molar-refractivity contribution < 1.29 is 14.1 Å². The van der Waals surface area contributed by atoms with E-state index in [-0.39, 0.29) is 0 Å². The van der Waals surface area contributed by atoms with Crippen molar-refractivity contribution in [2.75, 3.05) is 5.75 Å². The molecule has 66 valence electrons. The molecule has 0 aromatic heterocycles. The Morgan fingerprint density at radius 2 is 2.27 bits per heavy atom. The highest BCUT2D eigenvalue weighted by atomic mass is 32.2. The summed E-state index contributed by atoms with van der Waals surface area (Å²) in [6, 6.07) is 0. The molecular weight excluding hydrogens is 164 g/mol. The Bertz CT molecular complexity index is 116. The standard InChI is InChI=1S/C7H14O3S/c1-3-5-6(8)7(9)10-11-4-2/h6,8H,3-5H2,1-2H3. The smallest absolute Gasteiger partial charge is 0.346 e. The second kappa shape index (κ2) is 6.49. The van der Waals surface area contributed by atoms with Gasteiger partial charge in [0.25, 0.3) is 0 Å². The molecule has 3 nitrogen and oxygen atoms in total. The van der Waals surface area contributed by atoms with E-state index in [1.54, 1.807) is 0 Å². The number of aliphatic hydroxyl groups is 1. The van der Waals surface area contributed by atoms with Gasteiger partial charge < -0.3 is 9.29 Å². The predicted octanol–water partition coefficient (Wildman–Crippen LogP) is 1.36. The molecule has 0 aliphatic heterocycles. The third kappa shape index (κ3) is 5.09. The van der Waals surface area contributed by atoms with Gasteiger partial charge in [0, 0.05) is 5.75 Å². The largest absolute Gasteiger partial charge is 0.389 e. The van der Waals surface area contributed by atoms with Crippen molar-refractivity contribution in [2.24, 2.45) is 0 Å². The topological polar surface area (TPSA) is 46.5 Å². The van der Waals surface area contributed by atoms with Gasteiger partial charge in [-0.25, -0.2) is 4.79 Å². The van der Waals surface area contributed by atoms with Gasteiger partial charge in [0.05, 0.1) is 12.0 Å². The van der Waals surface area contributed by atoms with Crippen molar-refractivity contribution in [1.29, 1.82) is 0 Å². The van der Waals surface area contributed by atoms with Crippen molar-refractivity contribution in [1.82, 2.24) is 0 Å². The lowest BCUT2D eigenvalue weighted by Crippen LogP contribution is -2.20. The number of carbonyl (C=O) groups is 1. The maximum absolute atomic E-state index is 10.8. The molecule has 0 saturated carbocycles. The highest BCUT2D eigenvalue weighted by Gasteiger charge is 2.14. The Morgan fingerprint density at radius 1 is 1.64 bits per heavy atom. The second-order valence-electron chi connectivity index (χ2n) is 2.11. The molecule has 0 amide bonds. The summed E-state index contributed by atoms with van der Waals surface area (Å²) in [6.45, 7) is 3.79. The zero-order chi connectivity index (χ0) is 8.69. The van der Waals surface area contributed by atoms with Crippen LogP contribution < -0.4 is 0 Å². The summed E-state index contributed by atoms with van der Waals surface area (Å²) in [5, 5.41) is 9.06. The highest BCUT2D eigenvalue weighted by molar-refractivity contribution is 7.95. The average Bonchev–Trinajstić information content (AvgIpc) is 2.00. The fraction of sp³-hybridized carbons (Fsp3) is 0.857. The first-order chi connectivity index (χ1) is 5.22. The van der Waals surface area contributed by atoms with Gasteiger partial charge in [-0.05, 0) is 6.42 Å². The molecule has 1 unspecified atom stereocenters. The van der Waals surface area contributed by atoms with Crippen molar-refractivity contribution in [3.05, 3.63) is 0 Å². The van der Waals surface area contributed by atoms with Crippen LogP contribution in [-0.2, 0) is 8.98 Å². The summed E-state index contributed by atoms with van der Waals surface area (Å²) in [4.78, 5) is 10.8. The maximum atomic E-state index is 10.8. The third-order valence-corrected chi connectivity index (χ3v) is 1.61. The third-order valence-electron chi connectivity index (χ3n) is 1.09. The van der Waals surface area contributed by atoms with Crippen LogP contribution in [0.4, 0.5) is 0 Å². The number of hydrogen-bond acceptors (Lipinski definition) is 4. The molecule has 11 heavy (non-hydrogen) atoms. The molecule has 0 heterocycles. The number of aliphatic hydroxyl groups excluding tert-OH is 1. The maximum Gasteiger partial charge on any atom is 0.346 e. The van der Waals surface area contributed by atoms with E-state index < -0.39 is 12.1 Å². The summed E-state index contributed by atoms with van der Waals surface area (Å²) >= 11 is 1.06. The van der Waals surface area contributed by atoms with Crippen LogP contribution in [0.15, 0.2) is 0 Å². The first-order valence-electron chi connectivity index (χ1n) is 3.73. The van der Waals surface area contributed by atoms with Gasteiger partial charge in [0.15, 0.2) is 6.10 Å². The molecule has 0 spiro atoms. The Kier molecular flexibility index (Phi) is 6.36. The lowest BCUT2D eigenvalue weighted by atomic mass is 10.2. The van der Waals surface area contributed by atoms with Crippen LogP contribution in [0.25, 0.3) is 0 Å². The molecule has 0 aromatic carbocycles. The lowest BCUT2D eigenvalue weighted by Gasteiger charge is -2.06. The Balaban J connectivity index is 3.47. The monoisotopic (exact) mass is 178 g/mol. The van der Waals surface area contributed by atoms with Crippen LogP contribution in [0.2, 0.25) is 0 Å². The van der Waals surface area contributed by atoms with Gasteiger partial charge in [-0.15, -0.1) is 0 Å². The molecule has 0 saturated heterocycles. The van der Waals surface area contributed by atoms with Crippen LogP contribution in [0, 0.1) is 0 Å². The lowest BCUT2D eigenvalue weighted by molar-refractivity contribution is -0.142. The van der Waals surface area contributed by atoms with E-state index in [0.717, 1.165) is 18.5 Å². The molecule has 1 N–H and O–H groups in total. The normalized spacial score (nSPS) is 12.6. The summed E-state index contributed by atoms with van der Waals surface area (Å²) in [5.41, 5.74) is 0. The van der Waals surface area contributed by atoms with Gasteiger partial charge in [-0.3, -0.25) is 0 Å². The van der Waals surface area contributed by atoms with Gasteiger partial charge in [0.2, 0.25) is 0 Å². The van der Waals surface area contributed by atoms with Gasteiger partial charge in [-0.1, -0.05) is 20.3 Å². The second-order valence-corrected chi connectivity index (χ2v) is 3.09. The van der Waals surface area contributed by atoms with Crippen LogP contribution in [0.1, 0.15) is 26.7 Å². The molecule has 0 rings (SSSR count). The minimum atomic E-state index is -0.945. The Labute approximate surface area is 71.3 Å². The van der Waals surface area contributed by atoms with Gasteiger partial charge in [-0.2, -0.15) is 0 Å². The molecule has 0 radical (unpaired) electrons. The zero-order valence-corrected chi connectivity index (χ0v) is 7.69.